The number of hydrogen-bond donors (Lipinski definition) is 3. The van der Waals surface area contributed by atoms with Crippen LogP contribution in [0.5, 0.6) is 0 Å². The Kier molecular flexibility index (Phi) is 5.58. The largest absolute Gasteiger partial charge is 0.480 e. The smallest absolute Gasteiger partial charge is 0.326 e. The molecule has 0 bridgehead atoms. The first kappa shape index (κ1) is 16.3. The van der Waals surface area contributed by atoms with Crippen molar-refractivity contribution in [2.45, 2.75) is 12.5 Å². The van der Waals surface area contributed by atoms with Gasteiger partial charge in [0.25, 0.3) is 0 Å². The van der Waals surface area contributed by atoms with Gasteiger partial charge in [-0.3, -0.25) is 4.79 Å². The number of amides is 2. The van der Waals surface area contributed by atoms with E-state index in [9.17, 15) is 23.2 Å². The molecule has 0 aliphatic heterocycles. The number of esters is 1. The van der Waals surface area contributed by atoms with Crippen LogP contribution in [0.4, 0.5) is 19.3 Å². The number of carbonyl (C=O) groups excluding carboxylic acids is 2. The molecule has 0 radical (unpaired) electrons. The number of hydrogen-bond acceptors (Lipinski definition) is 4. The molecule has 21 heavy (non-hydrogen) atoms. The Labute approximate surface area is 117 Å². The summed E-state index contributed by atoms with van der Waals surface area (Å²) in [6.45, 7) is 0. The van der Waals surface area contributed by atoms with Gasteiger partial charge in [-0.2, -0.15) is 0 Å². The normalized spacial score (nSPS) is 11.4. The summed E-state index contributed by atoms with van der Waals surface area (Å²) in [5.74, 6) is -4.52. The second-order valence-electron chi connectivity index (χ2n) is 3.90. The Bertz CT molecular complexity index is 565. The van der Waals surface area contributed by atoms with E-state index in [-0.39, 0.29) is 5.69 Å². The number of urea groups is 1. The van der Waals surface area contributed by atoms with Gasteiger partial charge in [0.2, 0.25) is 0 Å². The first-order valence-corrected chi connectivity index (χ1v) is 5.65. The molecule has 7 nitrogen and oxygen atoms in total. The monoisotopic (exact) mass is 302 g/mol. The second-order valence-corrected chi connectivity index (χ2v) is 3.90. The number of methoxy groups -OCH3 is 1. The lowest BCUT2D eigenvalue weighted by Crippen LogP contribution is -2.44. The van der Waals surface area contributed by atoms with Crippen LogP contribution in [-0.4, -0.2) is 36.2 Å². The molecule has 0 aliphatic rings. The van der Waals surface area contributed by atoms with Gasteiger partial charge in [0.1, 0.15) is 6.04 Å². The van der Waals surface area contributed by atoms with Crippen LogP contribution in [-0.2, 0) is 14.3 Å². The molecular formula is C12H12F2N2O5. The fraction of sp³-hybridized carbons (Fsp3) is 0.250. The van der Waals surface area contributed by atoms with E-state index in [2.05, 4.69) is 10.1 Å². The molecule has 9 heteroatoms. The molecule has 1 aromatic rings. The molecule has 1 rings (SSSR count). The standard InChI is InChI=1S/C12H12F2N2O5/c1-21-10(17)5-9(11(18)19)16-12(20)15-6-2-3-7(13)8(14)4-6/h2-4,9H,5H2,1H3,(H,18,19)(H2,15,16,20)/t9-/m0/s1. The van der Waals surface area contributed by atoms with Crippen molar-refractivity contribution < 1.29 is 33.0 Å². The number of benzene rings is 1. The predicted octanol–water partition coefficient (Wildman–Crippen LogP) is 1.10. The summed E-state index contributed by atoms with van der Waals surface area (Å²) >= 11 is 0. The summed E-state index contributed by atoms with van der Waals surface area (Å²) in [5.41, 5.74) is -0.0754. The SMILES string of the molecule is COC(=O)C[C@H](NC(=O)Nc1ccc(F)c(F)c1)C(=O)O. The van der Waals surface area contributed by atoms with Crippen molar-refractivity contribution in [3.05, 3.63) is 29.8 Å². The van der Waals surface area contributed by atoms with E-state index < -0.39 is 42.1 Å². The average Bonchev–Trinajstić information content (AvgIpc) is 2.41. The second kappa shape index (κ2) is 7.17. The van der Waals surface area contributed by atoms with Crippen molar-refractivity contribution in [3.8, 4) is 0 Å². The van der Waals surface area contributed by atoms with Gasteiger partial charge in [-0.25, -0.2) is 18.4 Å². The van der Waals surface area contributed by atoms with E-state index in [1.165, 1.54) is 0 Å². The summed E-state index contributed by atoms with van der Waals surface area (Å²) in [7, 11) is 1.07. The lowest BCUT2D eigenvalue weighted by Gasteiger charge is -2.14. The zero-order chi connectivity index (χ0) is 16.0. The third-order valence-electron chi connectivity index (χ3n) is 2.38. The van der Waals surface area contributed by atoms with E-state index in [4.69, 9.17) is 5.11 Å². The number of nitrogens with one attached hydrogen (secondary N) is 2. The molecule has 0 unspecified atom stereocenters. The van der Waals surface area contributed by atoms with Crippen LogP contribution in [0.2, 0.25) is 0 Å². The Morgan fingerprint density at radius 1 is 1.29 bits per heavy atom. The minimum Gasteiger partial charge on any atom is -0.480 e. The molecular weight excluding hydrogens is 290 g/mol. The Balaban J connectivity index is 2.67. The van der Waals surface area contributed by atoms with Crippen LogP contribution >= 0.6 is 0 Å². The van der Waals surface area contributed by atoms with Crippen LogP contribution in [0.15, 0.2) is 18.2 Å². The van der Waals surface area contributed by atoms with Gasteiger partial charge >= 0.3 is 18.0 Å². The first-order chi connectivity index (χ1) is 9.83. The molecule has 2 amide bonds. The summed E-state index contributed by atoms with van der Waals surface area (Å²) in [6, 6.07) is 0.118. The van der Waals surface area contributed by atoms with E-state index in [0.717, 1.165) is 25.3 Å². The third kappa shape index (κ3) is 5.05. The lowest BCUT2D eigenvalue weighted by molar-refractivity contribution is -0.147. The number of anilines is 1. The average molecular weight is 302 g/mol. The van der Waals surface area contributed by atoms with Gasteiger partial charge in [0, 0.05) is 11.8 Å². The number of rotatable bonds is 5. The molecule has 0 saturated heterocycles. The maximum Gasteiger partial charge on any atom is 0.326 e. The van der Waals surface area contributed by atoms with Gasteiger partial charge in [-0.05, 0) is 12.1 Å². The van der Waals surface area contributed by atoms with Gasteiger partial charge in [0.15, 0.2) is 11.6 Å². The highest BCUT2D eigenvalue weighted by Crippen LogP contribution is 2.12. The van der Waals surface area contributed by atoms with E-state index in [1.807, 2.05) is 5.32 Å². The van der Waals surface area contributed by atoms with Gasteiger partial charge in [-0.1, -0.05) is 0 Å². The molecule has 0 aliphatic carbocycles. The quantitative estimate of drug-likeness (QED) is 0.706. The summed E-state index contributed by atoms with van der Waals surface area (Å²) in [6.07, 6.45) is -0.572. The molecule has 0 fully saturated rings. The fourth-order valence-electron chi connectivity index (χ4n) is 1.35. The van der Waals surface area contributed by atoms with Gasteiger partial charge in [0.05, 0.1) is 13.5 Å². The number of halogens is 2. The molecule has 0 heterocycles. The maximum absolute atomic E-state index is 12.9. The molecule has 1 aromatic carbocycles. The molecule has 1 atom stereocenters. The highest BCUT2D eigenvalue weighted by Gasteiger charge is 2.23. The zero-order valence-electron chi connectivity index (χ0n) is 10.9. The van der Waals surface area contributed by atoms with Crippen molar-refractivity contribution in [2.75, 3.05) is 12.4 Å². The molecule has 0 saturated carbocycles. The number of aliphatic carboxylic acids is 1. The third-order valence-corrected chi connectivity index (χ3v) is 2.38. The van der Waals surface area contributed by atoms with Crippen molar-refractivity contribution in [1.29, 1.82) is 0 Å². The van der Waals surface area contributed by atoms with Crippen LogP contribution in [0, 0.1) is 11.6 Å². The Morgan fingerprint density at radius 2 is 1.95 bits per heavy atom. The van der Waals surface area contributed by atoms with Gasteiger partial charge < -0.3 is 20.5 Å². The summed E-state index contributed by atoms with van der Waals surface area (Å²) in [5, 5.41) is 13.0. The van der Waals surface area contributed by atoms with E-state index in [1.54, 1.807) is 0 Å². The molecule has 0 spiro atoms. The minimum atomic E-state index is -1.51. The van der Waals surface area contributed by atoms with Crippen molar-refractivity contribution in [1.82, 2.24) is 5.32 Å². The number of ether oxygens (including phenoxy) is 1. The Hall–Kier alpha value is -2.71. The predicted molar refractivity (Wildman–Crippen MR) is 66.6 cm³/mol. The van der Waals surface area contributed by atoms with Crippen molar-refractivity contribution in [2.24, 2.45) is 0 Å². The molecule has 114 valence electrons. The molecule has 3 N–H and O–H groups in total. The lowest BCUT2D eigenvalue weighted by atomic mass is 10.2. The summed E-state index contributed by atoms with van der Waals surface area (Å²) < 4.78 is 29.9. The fourth-order valence-corrected chi connectivity index (χ4v) is 1.35. The number of carboxylic acid groups (broad SMARTS) is 1. The minimum absolute atomic E-state index is 0.0754. The topological polar surface area (TPSA) is 105 Å². The molecule has 0 aromatic heterocycles. The summed E-state index contributed by atoms with van der Waals surface area (Å²) in [4.78, 5) is 33.4. The highest BCUT2D eigenvalue weighted by atomic mass is 19.2. The number of carbonyl (C=O) groups is 3. The van der Waals surface area contributed by atoms with Crippen LogP contribution in [0.25, 0.3) is 0 Å². The maximum atomic E-state index is 12.9. The van der Waals surface area contributed by atoms with Gasteiger partial charge in [-0.15, -0.1) is 0 Å². The van der Waals surface area contributed by atoms with Crippen molar-refractivity contribution >= 4 is 23.7 Å². The Morgan fingerprint density at radius 3 is 2.48 bits per heavy atom. The zero-order valence-corrected chi connectivity index (χ0v) is 10.9. The highest BCUT2D eigenvalue weighted by molar-refractivity contribution is 5.93. The van der Waals surface area contributed by atoms with Crippen LogP contribution in [0.3, 0.4) is 0 Å². The van der Waals surface area contributed by atoms with E-state index in [0.29, 0.717) is 0 Å². The van der Waals surface area contributed by atoms with Crippen LogP contribution < -0.4 is 10.6 Å². The van der Waals surface area contributed by atoms with Crippen LogP contribution in [0.1, 0.15) is 6.42 Å². The number of carboxylic acids is 1. The van der Waals surface area contributed by atoms with Crippen molar-refractivity contribution in [3.63, 3.8) is 0 Å². The first-order valence-electron chi connectivity index (χ1n) is 5.65. The van der Waals surface area contributed by atoms with E-state index >= 15 is 0 Å².